The van der Waals surface area contributed by atoms with Crippen LogP contribution in [0.2, 0.25) is 0 Å². The Labute approximate surface area is 115 Å². The average molecular weight is 293 g/mol. The molecule has 0 fully saturated rings. The molecule has 1 aromatic carbocycles. The highest BCUT2D eigenvalue weighted by atomic mass is 19.4. The van der Waals surface area contributed by atoms with Gasteiger partial charge in [0.15, 0.2) is 11.5 Å². The SMILES string of the molecule is COc1ccc(CC(C)N)cc1OCCOC(F)(F)F. The summed E-state index contributed by atoms with van der Waals surface area (Å²) in [6, 6.07) is 5.21. The zero-order valence-corrected chi connectivity index (χ0v) is 11.4. The molecule has 114 valence electrons. The number of rotatable bonds is 7. The standard InChI is InChI=1S/C13H18F3NO3/c1-9(17)7-10-3-4-11(18-2)12(8-10)19-5-6-20-13(14,15)16/h3-4,8-9H,5-7,17H2,1-2H3. The summed E-state index contributed by atoms with van der Waals surface area (Å²) in [4.78, 5) is 0. The van der Waals surface area contributed by atoms with Gasteiger partial charge in [-0.2, -0.15) is 0 Å². The lowest BCUT2D eigenvalue weighted by Gasteiger charge is -2.14. The zero-order valence-electron chi connectivity index (χ0n) is 11.4. The van der Waals surface area contributed by atoms with Gasteiger partial charge in [-0.25, -0.2) is 0 Å². The average Bonchev–Trinajstić information content (AvgIpc) is 2.33. The van der Waals surface area contributed by atoms with Crippen molar-refractivity contribution in [2.45, 2.75) is 25.7 Å². The van der Waals surface area contributed by atoms with Gasteiger partial charge in [-0.05, 0) is 31.0 Å². The van der Waals surface area contributed by atoms with Crippen LogP contribution in [-0.4, -0.2) is 32.7 Å². The van der Waals surface area contributed by atoms with E-state index in [4.69, 9.17) is 15.2 Å². The molecular formula is C13H18F3NO3. The Bertz CT molecular complexity index is 422. The van der Waals surface area contributed by atoms with Crippen molar-refractivity contribution in [3.8, 4) is 11.5 Å². The Kier molecular flexibility index (Phi) is 6.09. The maximum absolute atomic E-state index is 11.8. The fraction of sp³-hybridized carbons (Fsp3) is 0.538. The summed E-state index contributed by atoms with van der Waals surface area (Å²) in [5.41, 5.74) is 6.62. The van der Waals surface area contributed by atoms with Crippen molar-refractivity contribution in [2.24, 2.45) is 5.73 Å². The zero-order chi connectivity index (χ0) is 15.2. The summed E-state index contributed by atoms with van der Waals surface area (Å²) < 4.78 is 49.4. The number of hydrogen-bond donors (Lipinski definition) is 1. The molecular weight excluding hydrogens is 275 g/mol. The van der Waals surface area contributed by atoms with E-state index in [0.717, 1.165) is 5.56 Å². The van der Waals surface area contributed by atoms with E-state index < -0.39 is 13.0 Å². The molecule has 1 atom stereocenters. The van der Waals surface area contributed by atoms with Gasteiger partial charge in [0.1, 0.15) is 6.61 Å². The molecule has 0 aromatic heterocycles. The molecule has 1 aromatic rings. The normalized spacial score (nSPS) is 13.1. The van der Waals surface area contributed by atoms with Crippen LogP contribution < -0.4 is 15.2 Å². The summed E-state index contributed by atoms with van der Waals surface area (Å²) in [6.45, 7) is 1.06. The molecule has 0 bridgehead atoms. The molecule has 0 heterocycles. The van der Waals surface area contributed by atoms with Crippen molar-refractivity contribution in [3.63, 3.8) is 0 Å². The summed E-state index contributed by atoms with van der Waals surface area (Å²) in [7, 11) is 1.46. The Morgan fingerprint density at radius 3 is 2.45 bits per heavy atom. The first-order valence-corrected chi connectivity index (χ1v) is 6.08. The third kappa shape index (κ3) is 6.12. The number of nitrogens with two attached hydrogens (primary N) is 1. The highest BCUT2D eigenvalue weighted by Gasteiger charge is 2.28. The van der Waals surface area contributed by atoms with Crippen molar-refractivity contribution in [1.29, 1.82) is 0 Å². The van der Waals surface area contributed by atoms with Crippen molar-refractivity contribution >= 4 is 0 Å². The smallest absolute Gasteiger partial charge is 0.493 e. The first-order chi connectivity index (χ1) is 9.31. The third-order valence-electron chi connectivity index (χ3n) is 2.39. The fourth-order valence-corrected chi connectivity index (χ4v) is 1.64. The van der Waals surface area contributed by atoms with Crippen LogP contribution >= 0.6 is 0 Å². The molecule has 20 heavy (non-hydrogen) atoms. The van der Waals surface area contributed by atoms with E-state index in [1.54, 1.807) is 12.1 Å². The minimum atomic E-state index is -4.65. The number of halogens is 3. The van der Waals surface area contributed by atoms with Crippen LogP contribution in [0.15, 0.2) is 18.2 Å². The number of hydrogen-bond acceptors (Lipinski definition) is 4. The third-order valence-corrected chi connectivity index (χ3v) is 2.39. The van der Waals surface area contributed by atoms with Crippen molar-refractivity contribution in [1.82, 2.24) is 0 Å². The summed E-state index contributed by atoms with van der Waals surface area (Å²) in [5.74, 6) is 0.821. The van der Waals surface area contributed by atoms with Gasteiger partial charge in [-0.15, -0.1) is 13.2 Å². The summed E-state index contributed by atoms with van der Waals surface area (Å²) in [6.07, 6.45) is -4.01. The molecule has 0 saturated heterocycles. The lowest BCUT2D eigenvalue weighted by Crippen LogP contribution is -2.19. The molecule has 1 rings (SSSR count). The van der Waals surface area contributed by atoms with Gasteiger partial charge < -0.3 is 15.2 Å². The molecule has 2 N–H and O–H groups in total. The van der Waals surface area contributed by atoms with Gasteiger partial charge in [0.2, 0.25) is 0 Å². The highest BCUT2D eigenvalue weighted by Crippen LogP contribution is 2.28. The van der Waals surface area contributed by atoms with E-state index >= 15 is 0 Å². The van der Waals surface area contributed by atoms with E-state index in [-0.39, 0.29) is 12.6 Å². The van der Waals surface area contributed by atoms with Crippen LogP contribution in [0, 0.1) is 0 Å². The predicted molar refractivity (Wildman–Crippen MR) is 67.8 cm³/mol. The van der Waals surface area contributed by atoms with Crippen LogP contribution in [-0.2, 0) is 11.2 Å². The molecule has 0 saturated carbocycles. The Morgan fingerprint density at radius 2 is 1.90 bits per heavy atom. The predicted octanol–water partition coefficient (Wildman–Crippen LogP) is 2.50. The number of alkyl halides is 3. The maximum atomic E-state index is 11.8. The number of ether oxygens (including phenoxy) is 3. The van der Waals surface area contributed by atoms with Crippen LogP contribution in [0.3, 0.4) is 0 Å². The minimum Gasteiger partial charge on any atom is -0.493 e. The fourth-order valence-electron chi connectivity index (χ4n) is 1.64. The molecule has 0 aliphatic rings. The van der Waals surface area contributed by atoms with E-state index in [2.05, 4.69) is 4.74 Å². The Morgan fingerprint density at radius 1 is 1.20 bits per heavy atom. The topological polar surface area (TPSA) is 53.7 Å². The van der Waals surface area contributed by atoms with E-state index in [1.807, 2.05) is 13.0 Å². The molecule has 1 unspecified atom stereocenters. The van der Waals surface area contributed by atoms with Gasteiger partial charge in [0.25, 0.3) is 0 Å². The van der Waals surface area contributed by atoms with E-state index in [1.165, 1.54) is 7.11 Å². The van der Waals surface area contributed by atoms with Crippen LogP contribution in [0.5, 0.6) is 11.5 Å². The molecule has 0 spiro atoms. The van der Waals surface area contributed by atoms with E-state index in [9.17, 15) is 13.2 Å². The van der Waals surface area contributed by atoms with Crippen molar-refractivity contribution < 1.29 is 27.4 Å². The quantitative estimate of drug-likeness (QED) is 0.785. The van der Waals surface area contributed by atoms with Gasteiger partial charge >= 0.3 is 6.36 Å². The molecule has 0 aliphatic heterocycles. The molecule has 0 amide bonds. The molecule has 0 radical (unpaired) electrons. The number of benzene rings is 1. The first-order valence-electron chi connectivity index (χ1n) is 6.08. The van der Waals surface area contributed by atoms with E-state index in [0.29, 0.717) is 17.9 Å². The summed E-state index contributed by atoms with van der Waals surface area (Å²) in [5, 5.41) is 0. The van der Waals surface area contributed by atoms with Crippen LogP contribution in [0.4, 0.5) is 13.2 Å². The van der Waals surface area contributed by atoms with Crippen LogP contribution in [0.1, 0.15) is 12.5 Å². The molecule has 0 aliphatic carbocycles. The first kappa shape index (κ1) is 16.6. The second-order valence-electron chi connectivity index (χ2n) is 4.31. The lowest BCUT2D eigenvalue weighted by atomic mass is 10.1. The number of methoxy groups -OCH3 is 1. The van der Waals surface area contributed by atoms with Gasteiger partial charge in [-0.3, -0.25) is 4.74 Å². The van der Waals surface area contributed by atoms with Crippen LogP contribution in [0.25, 0.3) is 0 Å². The second kappa shape index (κ2) is 7.35. The Balaban J connectivity index is 2.61. The second-order valence-corrected chi connectivity index (χ2v) is 4.31. The van der Waals surface area contributed by atoms with Crippen molar-refractivity contribution in [2.75, 3.05) is 20.3 Å². The summed E-state index contributed by atoms with van der Waals surface area (Å²) >= 11 is 0. The largest absolute Gasteiger partial charge is 0.522 e. The Hall–Kier alpha value is -1.47. The molecule has 4 nitrogen and oxygen atoms in total. The van der Waals surface area contributed by atoms with Gasteiger partial charge in [0, 0.05) is 6.04 Å². The molecule has 7 heteroatoms. The van der Waals surface area contributed by atoms with Gasteiger partial charge in [-0.1, -0.05) is 6.07 Å². The monoisotopic (exact) mass is 293 g/mol. The minimum absolute atomic E-state index is 0.0233. The van der Waals surface area contributed by atoms with Crippen molar-refractivity contribution in [3.05, 3.63) is 23.8 Å². The lowest BCUT2D eigenvalue weighted by molar-refractivity contribution is -0.325. The highest BCUT2D eigenvalue weighted by molar-refractivity contribution is 5.43. The maximum Gasteiger partial charge on any atom is 0.522 e. The van der Waals surface area contributed by atoms with Gasteiger partial charge in [0.05, 0.1) is 13.7 Å².